The summed E-state index contributed by atoms with van der Waals surface area (Å²) in [6.07, 6.45) is 2.47. The van der Waals surface area contributed by atoms with Crippen molar-refractivity contribution in [3.8, 4) is 0 Å². The van der Waals surface area contributed by atoms with Crippen molar-refractivity contribution < 1.29 is 18.4 Å². The van der Waals surface area contributed by atoms with Crippen LogP contribution in [0.3, 0.4) is 0 Å². The lowest BCUT2D eigenvalue weighted by Crippen LogP contribution is -2.47. The number of hydrogen-bond acceptors (Lipinski definition) is 3. The number of aryl methyl sites for hydroxylation is 1. The Labute approximate surface area is 194 Å². The number of rotatable bonds is 9. The molecule has 6 nitrogen and oxygen atoms in total. The molecule has 0 radical (unpaired) electrons. The second-order valence-electron chi connectivity index (χ2n) is 8.16. The minimum absolute atomic E-state index is 0.0988. The molecule has 1 heterocycles. The van der Waals surface area contributed by atoms with Crippen LogP contribution in [0.4, 0.5) is 14.9 Å². The van der Waals surface area contributed by atoms with Gasteiger partial charge in [0.15, 0.2) is 0 Å². The lowest BCUT2D eigenvalue weighted by atomic mass is 10.1. The first-order valence-electron chi connectivity index (χ1n) is 11.1. The standard InChI is InChI=1S/C26H30FN3O3/c1-4-20-9-13-23(14-10-20)28-26(32)30(19(2)3)18-25(31)29(17-24-6-5-15-33-24)16-21-7-11-22(27)12-8-21/h5-15,19H,4,16-18H2,1-3H3,(H,28,32). The molecule has 7 heteroatoms. The Kier molecular flexibility index (Phi) is 8.24. The van der Waals surface area contributed by atoms with Crippen LogP contribution in [0.15, 0.2) is 71.3 Å². The van der Waals surface area contributed by atoms with Crippen molar-refractivity contribution in [2.75, 3.05) is 11.9 Å². The fraction of sp³-hybridized carbons (Fsp3) is 0.308. The van der Waals surface area contributed by atoms with Crippen LogP contribution in [-0.4, -0.2) is 34.3 Å². The number of furan rings is 1. The number of carbonyl (C=O) groups is 2. The number of hydrogen-bond donors (Lipinski definition) is 1. The minimum Gasteiger partial charge on any atom is -0.467 e. The Morgan fingerprint density at radius 1 is 0.970 bits per heavy atom. The highest BCUT2D eigenvalue weighted by Gasteiger charge is 2.24. The second kappa shape index (κ2) is 11.3. The minimum atomic E-state index is -0.345. The van der Waals surface area contributed by atoms with E-state index >= 15 is 0 Å². The van der Waals surface area contributed by atoms with Gasteiger partial charge in [0.25, 0.3) is 0 Å². The van der Waals surface area contributed by atoms with Gasteiger partial charge in [0.2, 0.25) is 5.91 Å². The average Bonchev–Trinajstić information content (AvgIpc) is 3.31. The van der Waals surface area contributed by atoms with E-state index in [9.17, 15) is 14.0 Å². The number of anilines is 1. The van der Waals surface area contributed by atoms with Gasteiger partial charge in [-0.3, -0.25) is 4.79 Å². The Hall–Kier alpha value is -3.61. The Balaban J connectivity index is 1.73. The predicted molar refractivity (Wildman–Crippen MR) is 126 cm³/mol. The summed E-state index contributed by atoms with van der Waals surface area (Å²) in [7, 11) is 0. The first-order chi connectivity index (χ1) is 15.9. The molecule has 0 aliphatic carbocycles. The maximum atomic E-state index is 13.3. The average molecular weight is 452 g/mol. The van der Waals surface area contributed by atoms with E-state index in [0.29, 0.717) is 11.4 Å². The SMILES string of the molecule is CCc1ccc(NC(=O)N(CC(=O)N(Cc2ccc(F)cc2)Cc2ccco2)C(C)C)cc1. The molecular weight excluding hydrogens is 421 g/mol. The molecule has 3 amide bonds. The van der Waals surface area contributed by atoms with E-state index < -0.39 is 0 Å². The van der Waals surface area contributed by atoms with E-state index in [0.717, 1.165) is 12.0 Å². The van der Waals surface area contributed by atoms with Crippen molar-refractivity contribution in [3.05, 3.63) is 89.6 Å². The molecule has 3 aromatic rings. The van der Waals surface area contributed by atoms with Crippen LogP contribution in [0.2, 0.25) is 0 Å². The molecule has 0 saturated carbocycles. The van der Waals surface area contributed by atoms with Gasteiger partial charge in [-0.2, -0.15) is 0 Å². The first-order valence-corrected chi connectivity index (χ1v) is 11.1. The van der Waals surface area contributed by atoms with Crippen LogP contribution < -0.4 is 5.32 Å². The molecule has 1 aromatic heterocycles. The Morgan fingerprint density at radius 2 is 1.64 bits per heavy atom. The van der Waals surface area contributed by atoms with Gasteiger partial charge in [0.1, 0.15) is 18.1 Å². The largest absolute Gasteiger partial charge is 0.467 e. The molecule has 0 aliphatic heterocycles. The number of benzene rings is 2. The van der Waals surface area contributed by atoms with Crippen LogP contribution >= 0.6 is 0 Å². The normalized spacial score (nSPS) is 10.8. The van der Waals surface area contributed by atoms with E-state index in [4.69, 9.17) is 4.42 Å². The van der Waals surface area contributed by atoms with Crippen LogP contribution in [0.5, 0.6) is 0 Å². The summed E-state index contributed by atoms with van der Waals surface area (Å²) in [5, 5.41) is 2.88. The lowest BCUT2D eigenvalue weighted by Gasteiger charge is -2.30. The zero-order valence-corrected chi connectivity index (χ0v) is 19.3. The molecule has 0 aliphatic rings. The zero-order valence-electron chi connectivity index (χ0n) is 19.3. The highest BCUT2D eigenvalue weighted by Crippen LogP contribution is 2.15. The van der Waals surface area contributed by atoms with E-state index in [2.05, 4.69) is 12.2 Å². The van der Waals surface area contributed by atoms with Crippen LogP contribution in [-0.2, 0) is 24.3 Å². The lowest BCUT2D eigenvalue weighted by molar-refractivity contribution is -0.133. The van der Waals surface area contributed by atoms with Crippen LogP contribution in [0.25, 0.3) is 0 Å². The number of urea groups is 1. The molecule has 33 heavy (non-hydrogen) atoms. The summed E-state index contributed by atoms with van der Waals surface area (Å²) < 4.78 is 18.7. The predicted octanol–water partition coefficient (Wildman–Crippen LogP) is 5.45. The van der Waals surface area contributed by atoms with E-state index in [1.807, 2.05) is 38.1 Å². The zero-order chi connectivity index (χ0) is 23.8. The van der Waals surface area contributed by atoms with Gasteiger partial charge >= 0.3 is 6.03 Å². The number of nitrogens with one attached hydrogen (secondary N) is 1. The molecule has 0 unspecified atom stereocenters. The number of halogens is 1. The fourth-order valence-corrected chi connectivity index (χ4v) is 3.39. The molecule has 0 bridgehead atoms. The summed E-state index contributed by atoms with van der Waals surface area (Å²) in [5.41, 5.74) is 2.64. The summed E-state index contributed by atoms with van der Waals surface area (Å²) >= 11 is 0. The van der Waals surface area contributed by atoms with Crippen molar-refractivity contribution in [2.24, 2.45) is 0 Å². The van der Waals surface area contributed by atoms with Crippen molar-refractivity contribution in [3.63, 3.8) is 0 Å². The molecule has 1 N–H and O–H groups in total. The third kappa shape index (κ3) is 6.94. The third-order valence-electron chi connectivity index (χ3n) is 5.37. The van der Waals surface area contributed by atoms with Crippen molar-refractivity contribution in [1.29, 1.82) is 0 Å². The molecule has 174 valence electrons. The van der Waals surface area contributed by atoms with Crippen LogP contribution in [0.1, 0.15) is 37.7 Å². The van der Waals surface area contributed by atoms with Crippen molar-refractivity contribution in [1.82, 2.24) is 9.80 Å². The first kappa shape index (κ1) is 24.0. The summed E-state index contributed by atoms with van der Waals surface area (Å²) in [6, 6.07) is 16.7. The highest BCUT2D eigenvalue weighted by molar-refractivity contribution is 5.92. The van der Waals surface area contributed by atoms with Gasteiger partial charge in [-0.25, -0.2) is 9.18 Å². The fourth-order valence-electron chi connectivity index (χ4n) is 3.39. The maximum Gasteiger partial charge on any atom is 0.322 e. The highest BCUT2D eigenvalue weighted by atomic mass is 19.1. The molecule has 0 spiro atoms. The monoisotopic (exact) mass is 451 g/mol. The maximum absolute atomic E-state index is 13.3. The molecule has 0 atom stereocenters. The second-order valence-corrected chi connectivity index (χ2v) is 8.16. The van der Waals surface area contributed by atoms with Crippen molar-refractivity contribution >= 4 is 17.6 Å². The van der Waals surface area contributed by atoms with E-state index in [-0.39, 0.29) is 43.4 Å². The molecule has 3 rings (SSSR count). The van der Waals surface area contributed by atoms with Gasteiger partial charge < -0.3 is 19.5 Å². The number of carbonyl (C=O) groups excluding carboxylic acids is 2. The Morgan fingerprint density at radius 3 is 2.21 bits per heavy atom. The smallest absolute Gasteiger partial charge is 0.322 e. The number of amides is 3. The number of nitrogens with zero attached hydrogens (tertiary/aromatic N) is 2. The topological polar surface area (TPSA) is 65.8 Å². The van der Waals surface area contributed by atoms with Gasteiger partial charge in [-0.15, -0.1) is 0 Å². The molecule has 0 fully saturated rings. The van der Waals surface area contributed by atoms with E-state index in [1.165, 1.54) is 22.6 Å². The van der Waals surface area contributed by atoms with Gasteiger partial charge in [-0.05, 0) is 67.8 Å². The summed E-state index contributed by atoms with van der Waals surface area (Å²) in [4.78, 5) is 29.3. The molecule has 0 saturated heterocycles. The van der Waals surface area contributed by atoms with Crippen LogP contribution in [0, 0.1) is 5.82 Å². The third-order valence-corrected chi connectivity index (χ3v) is 5.37. The molecular formula is C26H30FN3O3. The van der Waals surface area contributed by atoms with E-state index in [1.54, 1.807) is 35.4 Å². The van der Waals surface area contributed by atoms with Crippen molar-refractivity contribution in [2.45, 2.75) is 46.3 Å². The van der Waals surface area contributed by atoms with Gasteiger partial charge in [-0.1, -0.05) is 31.2 Å². The quantitative estimate of drug-likeness (QED) is 0.470. The Bertz CT molecular complexity index is 1030. The van der Waals surface area contributed by atoms with Gasteiger partial charge in [0.05, 0.1) is 12.8 Å². The summed E-state index contributed by atoms with van der Waals surface area (Å²) in [5.74, 6) is 0.0558. The molecule has 2 aromatic carbocycles. The summed E-state index contributed by atoms with van der Waals surface area (Å²) in [6.45, 7) is 6.22. The van der Waals surface area contributed by atoms with Gasteiger partial charge in [0, 0.05) is 18.3 Å².